The lowest BCUT2D eigenvalue weighted by Gasteiger charge is -2.27. The van der Waals surface area contributed by atoms with Crippen LogP contribution in [0.15, 0.2) is 77.7 Å². The Morgan fingerprint density at radius 3 is 2.18 bits per heavy atom. The van der Waals surface area contributed by atoms with Crippen LogP contribution in [0, 0.1) is 6.92 Å². The second-order valence-electron chi connectivity index (χ2n) is 7.60. The molecule has 0 atom stereocenters. The zero-order valence-corrected chi connectivity index (χ0v) is 20.0. The highest BCUT2D eigenvalue weighted by Crippen LogP contribution is 2.31. The van der Waals surface area contributed by atoms with Gasteiger partial charge < -0.3 is 14.4 Å². The van der Waals surface area contributed by atoms with Crippen molar-refractivity contribution in [2.45, 2.75) is 18.4 Å². The quantitative estimate of drug-likeness (QED) is 0.477. The minimum absolute atomic E-state index is 0.0134. The second-order valence-corrected chi connectivity index (χ2v) is 9.43. The van der Waals surface area contributed by atoms with Gasteiger partial charge in [-0.15, -0.1) is 0 Å². The third kappa shape index (κ3) is 5.64. The zero-order valence-electron chi connectivity index (χ0n) is 19.2. The number of para-hydroxylation sites is 1. The van der Waals surface area contributed by atoms with E-state index in [0.29, 0.717) is 12.2 Å². The second kappa shape index (κ2) is 10.4. The molecule has 3 aromatic rings. The molecule has 0 bridgehead atoms. The fourth-order valence-corrected chi connectivity index (χ4v) is 5.01. The number of carbonyl (C=O) groups excluding carboxylic acids is 1. The van der Waals surface area contributed by atoms with Crippen LogP contribution in [0.4, 0.5) is 5.69 Å². The molecule has 0 saturated heterocycles. The van der Waals surface area contributed by atoms with Crippen LogP contribution in [0.25, 0.3) is 0 Å². The van der Waals surface area contributed by atoms with Crippen LogP contribution in [0.3, 0.4) is 0 Å². The molecular formula is C25H28N2O5S. The lowest BCUT2D eigenvalue weighted by atomic mass is 10.2. The van der Waals surface area contributed by atoms with E-state index in [1.54, 1.807) is 69.6 Å². The fraction of sp³-hybridized carbons (Fsp3) is 0.240. The Balaban J connectivity index is 1.91. The summed E-state index contributed by atoms with van der Waals surface area (Å²) in [4.78, 5) is 14.6. The van der Waals surface area contributed by atoms with E-state index >= 15 is 0 Å². The Hall–Kier alpha value is -3.52. The Labute approximate surface area is 195 Å². The maximum atomic E-state index is 13.7. The van der Waals surface area contributed by atoms with Gasteiger partial charge in [0.1, 0.15) is 22.9 Å². The van der Waals surface area contributed by atoms with Crippen molar-refractivity contribution in [1.82, 2.24) is 4.90 Å². The average molecular weight is 469 g/mol. The van der Waals surface area contributed by atoms with Gasteiger partial charge in [-0.1, -0.05) is 36.4 Å². The molecule has 0 unspecified atom stereocenters. The van der Waals surface area contributed by atoms with E-state index in [1.165, 1.54) is 12.0 Å². The maximum Gasteiger partial charge on any atom is 0.268 e. The summed E-state index contributed by atoms with van der Waals surface area (Å²) in [5.74, 6) is 0.603. The molecule has 0 heterocycles. The van der Waals surface area contributed by atoms with E-state index in [2.05, 4.69) is 0 Å². The standard InChI is InChI=1S/C25H28N2O5S/c1-19-10-15-23(32-4)24(16-19)33(29,30)27(21-8-6-5-7-9-21)18-25(28)26(2)17-20-11-13-22(31-3)14-12-20/h5-16H,17-18H2,1-4H3. The number of sulfonamides is 1. The molecular weight excluding hydrogens is 440 g/mol. The smallest absolute Gasteiger partial charge is 0.268 e. The monoisotopic (exact) mass is 468 g/mol. The first-order valence-corrected chi connectivity index (χ1v) is 11.8. The number of nitrogens with zero attached hydrogens (tertiary/aromatic N) is 2. The van der Waals surface area contributed by atoms with Gasteiger partial charge >= 0.3 is 0 Å². The number of amides is 1. The third-order valence-electron chi connectivity index (χ3n) is 5.21. The predicted molar refractivity (Wildman–Crippen MR) is 128 cm³/mol. The minimum atomic E-state index is -4.09. The lowest BCUT2D eigenvalue weighted by molar-refractivity contribution is -0.128. The molecule has 0 aromatic heterocycles. The summed E-state index contributed by atoms with van der Waals surface area (Å²) in [5, 5.41) is 0. The largest absolute Gasteiger partial charge is 0.497 e. The van der Waals surface area contributed by atoms with Crippen molar-refractivity contribution >= 4 is 21.6 Å². The number of hydrogen-bond donors (Lipinski definition) is 0. The average Bonchev–Trinajstić information content (AvgIpc) is 2.83. The molecule has 0 spiro atoms. The topological polar surface area (TPSA) is 76.2 Å². The maximum absolute atomic E-state index is 13.7. The summed E-state index contributed by atoms with van der Waals surface area (Å²) < 4.78 is 39.0. The highest BCUT2D eigenvalue weighted by molar-refractivity contribution is 7.93. The SMILES string of the molecule is COc1ccc(CN(C)C(=O)CN(c2ccccc2)S(=O)(=O)c2cc(C)ccc2OC)cc1. The van der Waals surface area contributed by atoms with Crippen LogP contribution in [0.1, 0.15) is 11.1 Å². The first-order chi connectivity index (χ1) is 15.8. The molecule has 0 saturated carbocycles. The van der Waals surface area contributed by atoms with Gasteiger partial charge in [-0.05, 0) is 54.4 Å². The molecule has 0 aliphatic carbocycles. The molecule has 3 aromatic carbocycles. The van der Waals surface area contributed by atoms with Crippen molar-refractivity contribution in [1.29, 1.82) is 0 Å². The summed E-state index contributed by atoms with van der Waals surface area (Å²) in [6, 6.07) is 20.9. The first kappa shape index (κ1) is 24.1. The van der Waals surface area contributed by atoms with Crippen molar-refractivity contribution in [2.24, 2.45) is 0 Å². The summed E-state index contributed by atoms with van der Waals surface area (Å²) >= 11 is 0. The number of ether oxygens (including phenoxy) is 2. The minimum Gasteiger partial charge on any atom is -0.497 e. The van der Waals surface area contributed by atoms with Crippen LogP contribution in [-0.4, -0.2) is 47.0 Å². The van der Waals surface area contributed by atoms with E-state index in [0.717, 1.165) is 21.2 Å². The van der Waals surface area contributed by atoms with E-state index in [1.807, 2.05) is 24.3 Å². The van der Waals surface area contributed by atoms with Gasteiger partial charge in [0.15, 0.2) is 0 Å². The predicted octanol–water partition coefficient (Wildman–Crippen LogP) is 3.87. The zero-order chi connectivity index (χ0) is 24.0. The molecule has 7 nitrogen and oxygen atoms in total. The number of aryl methyl sites for hydroxylation is 1. The summed E-state index contributed by atoms with van der Waals surface area (Å²) in [5.41, 5.74) is 2.07. The summed E-state index contributed by atoms with van der Waals surface area (Å²) in [6.07, 6.45) is 0. The summed E-state index contributed by atoms with van der Waals surface area (Å²) in [6.45, 7) is 1.79. The number of hydrogen-bond acceptors (Lipinski definition) is 5. The normalized spacial score (nSPS) is 11.0. The van der Waals surface area contributed by atoms with Gasteiger partial charge in [-0.3, -0.25) is 9.10 Å². The highest BCUT2D eigenvalue weighted by atomic mass is 32.2. The van der Waals surface area contributed by atoms with Crippen molar-refractivity contribution in [3.63, 3.8) is 0 Å². The van der Waals surface area contributed by atoms with Gasteiger partial charge in [-0.2, -0.15) is 0 Å². The van der Waals surface area contributed by atoms with Gasteiger partial charge in [0.05, 0.1) is 19.9 Å². The van der Waals surface area contributed by atoms with Gasteiger partial charge in [-0.25, -0.2) is 8.42 Å². The molecule has 8 heteroatoms. The van der Waals surface area contributed by atoms with Gasteiger partial charge in [0.25, 0.3) is 10.0 Å². The molecule has 3 rings (SSSR count). The Kier molecular flexibility index (Phi) is 7.60. The highest BCUT2D eigenvalue weighted by Gasteiger charge is 2.31. The molecule has 0 fully saturated rings. The Bertz CT molecular complexity index is 1200. The Morgan fingerprint density at radius 2 is 1.58 bits per heavy atom. The van der Waals surface area contributed by atoms with Crippen LogP contribution in [0.5, 0.6) is 11.5 Å². The number of anilines is 1. The summed E-state index contributed by atoms with van der Waals surface area (Å²) in [7, 11) is 0.574. The van der Waals surface area contributed by atoms with Crippen LogP contribution < -0.4 is 13.8 Å². The van der Waals surface area contributed by atoms with Crippen molar-refractivity contribution in [2.75, 3.05) is 32.1 Å². The Morgan fingerprint density at radius 1 is 0.909 bits per heavy atom. The van der Waals surface area contributed by atoms with E-state index in [9.17, 15) is 13.2 Å². The fourth-order valence-electron chi connectivity index (χ4n) is 3.35. The van der Waals surface area contributed by atoms with E-state index in [4.69, 9.17) is 9.47 Å². The van der Waals surface area contributed by atoms with Crippen LogP contribution in [-0.2, 0) is 21.4 Å². The lowest BCUT2D eigenvalue weighted by Crippen LogP contribution is -2.41. The first-order valence-electron chi connectivity index (χ1n) is 10.4. The van der Waals surface area contributed by atoms with Gasteiger partial charge in [0, 0.05) is 13.6 Å². The van der Waals surface area contributed by atoms with Crippen LogP contribution in [0.2, 0.25) is 0 Å². The molecule has 33 heavy (non-hydrogen) atoms. The third-order valence-corrected chi connectivity index (χ3v) is 7.01. The molecule has 0 N–H and O–H groups in total. The van der Waals surface area contributed by atoms with Gasteiger partial charge in [0.2, 0.25) is 5.91 Å². The number of methoxy groups -OCH3 is 2. The number of rotatable bonds is 9. The van der Waals surface area contributed by atoms with E-state index in [-0.39, 0.29) is 23.1 Å². The van der Waals surface area contributed by atoms with Crippen LogP contribution >= 0.6 is 0 Å². The number of carbonyl (C=O) groups is 1. The number of likely N-dealkylation sites (N-methyl/N-ethyl adjacent to an activating group) is 1. The molecule has 174 valence electrons. The molecule has 0 aliphatic heterocycles. The van der Waals surface area contributed by atoms with Crippen molar-refractivity contribution < 1.29 is 22.7 Å². The molecule has 0 aliphatic rings. The number of benzene rings is 3. The van der Waals surface area contributed by atoms with E-state index < -0.39 is 10.0 Å². The van der Waals surface area contributed by atoms with Crippen molar-refractivity contribution in [3.8, 4) is 11.5 Å². The molecule has 0 radical (unpaired) electrons. The van der Waals surface area contributed by atoms with Crippen molar-refractivity contribution in [3.05, 3.63) is 83.9 Å². The molecule has 1 amide bonds.